The zero-order valence-electron chi connectivity index (χ0n) is 20.1. The van der Waals surface area contributed by atoms with Crippen LogP contribution in [0.25, 0.3) is 0 Å². The molecule has 0 heterocycles. The number of amides is 1. The summed E-state index contributed by atoms with van der Waals surface area (Å²) in [5.74, 6) is -0.778. The van der Waals surface area contributed by atoms with Crippen LogP contribution in [0.5, 0.6) is 5.75 Å². The van der Waals surface area contributed by atoms with E-state index in [1.165, 1.54) is 19.2 Å². The number of carbonyl (C=O) groups is 2. The summed E-state index contributed by atoms with van der Waals surface area (Å²) < 4.78 is 38.7. The molecule has 1 amide bonds. The minimum Gasteiger partial charge on any atom is -0.495 e. The summed E-state index contributed by atoms with van der Waals surface area (Å²) >= 11 is 0. The van der Waals surface area contributed by atoms with Gasteiger partial charge in [0.1, 0.15) is 12.3 Å². The minimum absolute atomic E-state index is 0.0387. The van der Waals surface area contributed by atoms with Gasteiger partial charge in [0, 0.05) is 5.69 Å². The standard InChI is InChI=1S/C26H28N2O6S/c1-5-34-26(30)21-12-9-13-22(19(21)3)27-25(29)17-28(23-16-18(2)14-15-24(23)33-4)35(31,32)20-10-7-6-8-11-20/h6-16H,5,17H2,1-4H3,(H,27,29). The average Bonchev–Trinajstić information content (AvgIpc) is 2.84. The monoisotopic (exact) mass is 496 g/mol. The second-order valence-corrected chi connectivity index (χ2v) is 9.61. The molecule has 0 bridgehead atoms. The van der Waals surface area contributed by atoms with Gasteiger partial charge >= 0.3 is 5.97 Å². The van der Waals surface area contributed by atoms with Gasteiger partial charge in [-0.3, -0.25) is 9.10 Å². The highest BCUT2D eigenvalue weighted by molar-refractivity contribution is 7.92. The number of hydrogen-bond donors (Lipinski definition) is 1. The maximum absolute atomic E-state index is 13.6. The van der Waals surface area contributed by atoms with Crippen LogP contribution in [-0.2, 0) is 19.6 Å². The van der Waals surface area contributed by atoms with Gasteiger partial charge in [-0.15, -0.1) is 0 Å². The molecule has 3 aromatic carbocycles. The van der Waals surface area contributed by atoms with Gasteiger partial charge in [0.2, 0.25) is 5.91 Å². The largest absolute Gasteiger partial charge is 0.495 e. The van der Waals surface area contributed by atoms with Crippen LogP contribution in [0.1, 0.15) is 28.4 Å². The molecule has 0 atom stereocenters. The quantitative estimate of drug-likeness (QED) is 0.443. The SMILES string of the molecule is CCOC(=O)c1cccc(NC(=O)CN(c2cc(C)ccc2OC)S(=O)(=O)c2ccccc2)c1C. The normalized spacial score (nSPS) is 11.0. The summed E-state index contributed by atoms with van der Waals surface area (Å²) in [6.07, 6.45) is 0. The number of benzene rings is 3. The number of methoxy groups -OCH3 is 1. The molecule has 0 radical (unpaired) electrons. The third kappa shape index (κ3) is 5.81. The first kappa shape index (κ1) is 25.8. The second kappa shape index (κ2) is 11.1. The van der Waals surface area contributed by atoms with Crippen molar-refractivity contribution in [3.63, 3.8) is 0 Å². The van der Waals surface area contributed by atoms with Gasteiger partial charge in [0.25, 0.3) is 10.0 Å². The molecule has 0 aromatic heterocycles. The van der Waals surface area contributed by atoms with Crippen LogP contribution in [0.15, 0.2) is 71.6 Å². The molecular weight excluding hydrogens is 468 g/mol. The summed E-state index contributed by atoms with van der Waals surface area (Å²) in [4.78, 5) is 25.4. The van der Waals surface area contributed by atoms with E-state index in [4.69, 9.17) is 9.47 Å². The summed E-state index contributed by atoms with van der Waals surface area (Å²) in [5.41, 5.74) is 2.26. The van der Waals surface area contributed by atoms with Gasteiger partial charge in [-0.25, -0.2) is 13.2 Å². The van der Waals surface area contributed by atoms with Gasteiger partial charge in [0.15, 0.2) is 0 Å². The fourth-order valence-corrected chi connectivity index (χ4v) is 4.98. The summed E-state index contributed by atoms with van der Waals surface area (Å²) in [5, 5.41) is 2.73. The van der Waals surface area contributed by atoms with Crippen LogP contribution in [0.2, 0.25) is 0 Å². The van der Waals surface area contributed by atoms with E-state index in [0.29, 0.717) is 22.6 Å². The molecule has 0 saturated carbocycles. The van der Waals surface area contributed by atoms with Gasteiger partial charge in [-0.05, 0) is 68.3 Å². The third-order valence-electron chi connectivity index (χ3n) is 5.32. The molecule has 8 nitrogen and oxygen atoms in total. The molecule has 0 fully saturated rings. The molecule has 0 saturated heterocycles. The van der Waals surface area contributed by atoms with Crippen molar-refractivity contribution in [3.05, 3.63) is 83.4 Å². The molecule has 3 aromatic rings. The van der Waals surface area contributed by atoms with Crippen LogP contribution < -0.4 is 14.4 Å². The fourth-order valence-electron chi connectivity index (χ4n) is 3.54. The molecule has 1 N–H and O–H groups in total. The Morgan fingerprint density at radius 1 is 0.971 bits per heavy atom. The number of rotatable bonds is 9. The molecule has 0 unspecified atom stereocenters. The van der Waals surface area contributed by atoms with E-state index in [1.807, 2.05) is 6.92 Å². The van der Waals surface area contributed by atoms with Crippen LogP contribution >= 0.6 is 0 Å². The molecule has 0 aliphatic rings. The molecule has 35 heavy (non-hydrogen) atoms. The number of carbonyl (C=O) groups excluding carboxylic acids is 2. The van der Waals surface area contributed by atoms with Gasteiger partial charge in [0.05, 0.1) is 29.9 Å². The van der Waals surface area contributed by atoms with Crippen molar-refractivity contribution in [2.24, 2.45) is 0 Å². The van der Waals surface area contributed by atoms with Gasteiger partial charge in [-0.2, -0.15) is 0 Å². The predicted molar refractivity (Wildman–Crippen MR) is 134 cm³/mol. The zero-order valence-corrected chi connectivity index (χ0v) is 20.9. The van der Waals surface area contributed by atoms with Gasteiger partial charge < -0.3 is 14.8 Å². The molecule has 0 aliphatic carbocycles. The Morgan fingerprint density at radius 2 is 1.69 bits per heavy atom. The maximum atomic E-state index is 13.6. The molecule has 0 spiro atoms. The first-order valence-electron chi connectivity index (χ1n) is 11.0. The number of sulfonamides is 1. The van der Waals surface area contributed by atoms with E-state index in [2.05, 4.69) is 5.32 Å². The highest BCUT2D eigenvalue weighted by atomic mass is 32.2. The van der Waals surface area contributed by atoms with E-state index in [-0.39, 0.29) is 17.2 Å². The van der Waals surface area contributed by atoms with E-state index >= 15 is 0 Å². The lowest BCUT2D eigenvalue weighted by molar-refractivity contribution is -0.114. The molecular formula is C26H28N2O6S. The maximum Gasteiger partial charge on any atom is 0.338 e. The van der Waals surface area contributed by atoms with Crippen LogP contribution in [0.4, 0.5) is 11.4 Å². The van der Waals surface area contributed by atoms with E-state index < -0.39 is 28.4 Å². The number of aryl methyl sites for hydroxylation is 1. The first-order chi connectivity index (χ1) is 16.7. The summed E-state index contributed by atoms with van der Waals surface area (Å²) in [6.45, 7) is 4.92. The van der Waals surface area contributed by atoms with Crippen molar-refractivity contribution in [2.75, 3.05) is 29.9 Å². The Labute approximate surface area is 205 Å². The minimum atomic E-state index is -4.11. The van der Waals surface area contributed by atoms with E-state index in [9.17, 15) is 18.0 Å². The Kier molecular flexibility index (Phi) is 8.14. The Morgan fingerprint density at radius 3 is 2.34 bits per heavy atom. The lowest BCUT2D eigenvalue weighted by Gasteiger charge is -2.26. The number of ether oxygens (including phenoxy) is 2. The molecule has 3 rings (SSSR count). The predicted octanol–water partition coefficient (Wildman–Crippen LogP) is 4.32. The van der Waals surface area contributed by atoms with Crippen molar-refractivity contribution in [1.82, 2.24) is 0 Å². The smallest absolute Gasteiger partial charge is 0.338 e. The third-order valence-corrected chi connectivity index (χ3v) is 7.10. The van der Waals surface area contributed by atoms with Gasteiger partial charge in [-0.1, -0.05) is 30.3 Å². The number of hydrogen-bond acceptors (Lipinski definition) is 6. The van der Waals surface area contributed by atoms with Crippen LogP contribution in [0.3, 0.4) is 0 Å². The fraction of sp³-hybridized carbons (Fsp3) is 0.231. The number of nitrogens with one attached hydrogen (secondary N) is 1. The summed E-state index contributed by atoms with van der Waals surface area (Å²) in [6, 6.07) is 17.8. The number of anilines is 2. The van der Waals surface area contributed by atoms with Crippen molar-refractivity contribution in [2.45, 2.75) is 25.7 Å². The second-order valence-electron chi connectivity index (χ2n) is 7.75. The van der Waals surface area contributed by atoms with Crippen molar-refractivity contribution in [1.29, 1.82) is 0 Å². The van der Waals surface area contributed by atoms with Crippen molar-refractivity contribution < 1.29 is 27.5 Å². The topological polar surface area (TPSA) is 102 Å². The van der Waals surface area contributed by atoms with Crippen molar-refractivity contribution in [3.8, 4) is 5.75 Å². The van der Waals surface area contributed by atoms with Crippen molar-refractivity contribution >= 4 is 33.3 Å². The number of esters is 1. The highest BCUT2D eigenvalue weighted by Gasteiger charge is 2.30. The lowest BCUT2D eigenvalue weighted by Crippen LogP contribution is -2.38. The molecule has 9 heteroatoms. The molecule has 184 valence electrons. The molecule has 0 aliphatic heterocycles. The van der Waals surface area contributed by atoms with Crippen LogP contribution in [-0.4, -0.2) is 40.6 Å². The highest BCUT2D eigenvalue weighted by Crippen LogP contribution is 2.33. The summed E-state index contributed by atoms with van der Waals surface area (Å²) in [7, 11) is -2.68. The lowest BCUT2D eigenvalue weighted by atomic mass is 10.1. The number of nitrogens with zero attached hydrogens (tertiary/aromatic N) is 1. The Bertz CT molecular complexity index is 1320. The van der Waals surface area contributed by atoms with Crippen LogP contribution in [0, 0.1) is 13.8 Å². The first-order valence-corrected chi connectivity index (χ1v) is 12.4. The zero-order chi connectivity index (χ0) is 25.6. The Balaban J connectivity index is 1.99. The Hall–Kier alpha value is -3.85. The van der Waals surface area contributed by atoms with E-state index in [1.54, 1.807) is 68.4 Å². The average molecular weight is 497 g/mol. The van der Waals surface area contributed by atoms with E-state index in [0.717, 1.165) is 9.87 Å².